The molecule has 1 unspecified atom stereocenters. The van der Waals surface area contributed by atoms with Crippen molar-refractivity contribution in [2.45, 2.75) is 19.3 Å². The number of methoxy groups -OCH3 is 1. The minimum absolute atomic E-state index is 0.0701. The van der Waals surface area contributed by atoms with Gasteiger partial charge >= 0.3 is 0 Å². The second-order valence-electron chi connectivity index (χ2n) is 3.62. The van der Waals surface area contributed by atoms with Crippen LogP contribution in [0.1, 0.15) is 24.8 Å². The van der Waals surface area contributed by atoms with Crippen LogP contribution in [0.4, 0.5) is 4.39 Å². The SMILES string of the molecule is COc1cc(F)c(Cl)c(C(C)CCN)c1O. The number of rotatable bonds is 4. The molecule has 0 saturated carbocycles. The monoisotopic (exact) mass is 247 g/mol. The molecule has 1 aromatic rings. The zero-order valence-corrected chi connectivity index (χ0v) is 10.0. The van der Waals surface area contributed by atoms with Crippen LogP contribution in [0.3, 0.4) is 0 Å². The average molecular weight is 248 g/mol. The van der Waals surface area contributed by atoms with E-state index in [1.165, 1.54) is 7.11 Å². The van der Waals surface area contributed by atoms with Crippen molar-refractivity contribution in [3.8, 4) is 11.5 Å². The van der Waals surface area contributed by atoms with Crippen molar-refractivity contribution >= 4 is 11.6 Å². The molecule has 0 spiro atoms. The molecule has 0 heterocycles. The number of aromatic hydroxyl groups is 1. The molecule has 0 saturated heterocycles. The molecule has 0 amide bonds. The van der Waals surface area contributed by atoms with E-state index in [0.29, 0.717) is 18.5 Å². The van der Waals surface area contributed by atoms with Gasteiger partial charge in [0.05, 0.1) is 12.1 Å². The normalized spacial score (nSPS) is 12.6. The Bertz CT molecular complexity index is 385. The molecule has 90 valence electrons. The van der Waals surface area contributed by atoms with Gasteiger partial charge in [-0.1, -0.05) is 18.5 Å². The highest BCUT2D eigenvalue weighted by Gasteiger charge is 2.21. The third-order valence-corrected chi connectivity index (χ3v) is 2.89. The van der Waals surface area contributed by atoms with Crippen LogP contribution in [0, 0.1) is 5.82 Å². The highest BCUT2D eigenvalue weighted by atomic mass is 35.5. The highest BCUT2D eigenvalue weighted by molar-refractivity contribution is 6.31. The minimum Gasteiger partial charge on any atom is -0.504 e. The second kappa shape index (κ2) is 5.37. The van der Waals surface area contributed by atoms with Gasteiger partial charge < -0.3 is 15.6 Å². The van der Waals surface area contributed by atoms with Crippen LogP contribution >= 0.6 is 11.6 Å². The van der Waals surface area contributed by atoms with Crippen LogP contribution in [0.5, 0.6) is 11.5 Å². The minimum atomic E-state index is -0.602. The number of phenols is 1. The van der Waals surface area contributed by atoms with Crippen molar-refractivity contribution in [3.63, 3.8) is 0 Å². The van der Waals surface area contributed by atoms with E-state index in [4.69, 9.17) is 22.1 Å². The van der Waals surface area contributed by atoms with Crippen molar-refractivity contribution in [1.82, 2.24) is 0 Å². The zero-order chi connectivity index (χ0) is 12.3. The summed E-state index contributed by atoms with van der Waals surface area (Å²) in [5.41, 5.74) is 5.78. The van der Waals surface area contributed by atoms with E-state index >= 15 is 0 Å². The lowest BCUT2D eigenvalue weighted by Gasteiger charge is -2.17. The molecule has 1 atom stereocenters. The lowest BCUT2D eigenvalue weighted by atomic mass is 9.96. The van der Waals surface area contributed by atoms with Gasteiger partial charge in [-0.25, -0.2) is 4.39 Å². The van der Waals surface area contributed by atoms with Crippen molar-refractivity contribution < 1.29 is 14.2 Å². The first-order valence-corrected chi connectivity index (χ1v) is 5.35. The third-order valence-electron chi connectivity index (χ3n) is 2.50. The first kappa shape index (κ1) is 13.1. The van der Waals surface area contributed by atoms with Crippen LogP contribution < -0.4 is 10.5 Å². The first-order chi connectivity index (χ1) is 7.52. The first-order valence-electron chi connectivity index (χ1n) is 4.97. The van der Waals surface area contributed by atoms with Crippen LogP contribution in [0.2, 0.25) is 5.02 Å². The second-order valence-corrected chi connectivity index (χ2v) is 3.99. The Hall–Kier alpha value is -1.00. The summed E-state index contributed by atoms with van der Waals surface area (Å²) in [6.45, 7) is 2.27. The van der Waals surface area contributed by atoms with Crippen LogP contribution in [-0.4, -0.2) is 18.8 Å². The highest BCUT2D eigenvalue weighted by Crippen LogP contribution is 2.42. The topological polar surface area (TPSA) is 55.5 Å². The number of benzene rings is 1. The Balaban J connectivity index is 3.29. The summed E-state index contributed by atoms with van der Waals surface area (Å²) in [5.74, 6) is -0.757. The van der Waals surface area contributed by atoms with E-state index < -0.39 is 5.82 Å². The molecule has 0 aliphatic heterocycles. The molecular weight excluding hydrogens is 233 g/mol. The molecule has 16 heavy (non-hydrogen) atoms. The van der Waals surface area contributed by atoms with Gasteiger partial charge in [0, 0.05) is 11.6 Å². The van der Waals surface area contributed by atoms with Crippen molar-refractivity contribution in [2.24, 2.45) is 5.73 Å². The number of ether oxygens (including phenoxy) is 1. The average Bonchev–Trinajstić information content (AvgIpc) is 2.24. The lowest BCUT2D eigenvalue weighted by molar-refractivity contribution is 0.365. The summed E-state index contributed by atoms with van der Waals surface area (Å²) in [4.78, 5) is 0. The van der Waals surface area contributed by atoms with Crippen molar-refractivity contribution in [2.75, 3.05) is 13.7 Å². The predicted octanol–water partition coefficient (Wildman–Crippen LogP) is 2.65. The Morgan fingerprint density at radius 1 is 1.62 bits per heavy atom. The molecule has 0 radical (unpaired) electrons. The van der Waals surface area contributed by atoms with E-state index in [1.54, 1.807) is 0 Å². The molecule has 0 aromatic heterocycles. The van der Waals surface area contributed by atoms with Gasteiger partial charge in [0.1, 0.15) is 5.82 Å². The van der Waals surface area contributed by atoms with Crippen LogP contribution in [0.25, 0.3) is 0 Å². The van der Waals surface area contributed by atoms with E-state index in [0.717, 1.165) is 6.07 Å². The number of phenolic OH excluding ortho intramolecular Hbond substituents is 1. The maximum atomic E-state index is 13.5. The predicted molar refractivity (Wildman–Crippen MR) is 61.7 cm³/mol. The molecule has 5 heteroatoms. The zero-order valence-electron chi connectivity index (χ0n) is 9.26. The number of hydrogen-bond donors (Lipinski definition) is 2. The fourth-order valence-corrected chi connectivity index (χ4v) is 1.94. The van der Waals surface area contributed by atoms with Crippen LogP contribution in [0.15, 0.2) is 6.07 Å². The van der Waals surface area contributed by atoms with Gasteiger partial charge in [-0.15, -0.1) is 0 Å². The van der Waals surface area contributed by atoms with E-state index in [2.05, 4.69) is 0 Å². The van der Waals surface area contributed by atoms with E-state index in [-0.39, 0.29) is 22.4 Å². The molecule has 0 aliphatic rings. The Kier molecular flexibility index (Phi) is 4.38. The molecule has 1 rings (SSSR count). The van der Waals surface area contributed by atoms with Gasteiger partial charge in [0.25, 0.3) is 0 Å². The number of nitrogens with two attached hydrogens (primary N) is 1. The molecule has 1 aromatic carbocycles. The van der Waals surface area contributed by atoms with Gasteiger partial charge in [-0.2, -0.15) is 0 Å². The summed E-state index contributed by atoms with van der Waals surface area (Å²) in [6.07, 6.45) is 0.611. The molecule has 0 aliphatic carbocycles. The fourth-order valence-electron chi connectivity index (χ4n) is 1.61. The Labute approximate surface area is 99.0 Å². The van der Waals surface area contributed by atoms with E-state index in [1.807, 2.05) is 6.92 Å². The smallest absolute Gasteiger partial charge is 0.163 e. The fraction of sp³-hybridized carbons (Fsp3) is 0.455. The number of halogens is 2. The summed E-state index contributed by atoms with van der Waals surface area (Å²) in [6, 6.07) is 1.07. The maximum Gasteiger partial charge on any atom is 0.163 e. The molecular formula is C11H15ClFNO2. The lowest BCUT2D eigenvalue weighted by Crippen LogP contribution is -2.06. The third kappa shape index (κ3) is 2.39. The largest absolute Gasteiger partial charge is 0.504 e. The maximum absolute atomic E-state index is 13.5. The summed E-state index contributed by atoms with van der Waals surface area (Å²) in [5, 5.41) is 9.80. The molecule has 3 nitrogen and oxygen atoms in total. The summed E-state index contributed by atoms with van der Waals surface area (Å²) >= 11 is 5.83. The van der Waals surface area contributed by atoms with Gasteiger partial charge in [0.15, 0.2) is 11.5 Å². The standard InChI is InChI=1S/C11H15ClFNO2/c1-6(3-4-14)9-10(12)7(13)5-8(16-2)11(9)15/h5-6,15H,3-4,14H2,1-2H3. The van der Waals surface area contributed by atoms with Gasteiger partial charge in [-0.05, 0) is 18.9 Å². The molecule has 0 bridgehead atoms. The van der Waals surface area contributed by atoms with Gasteiger partial charge in [-0.3, -0.25) is 0 Å². The Morgan fingerprint density at radius 2 is 2.25 bits per heavy atom. The van der Waals surface area contributed by atoms with Gasteiger partial charge in [0.2, 0.25) is 0 Å². The van der Waals surface area contributed by atoms with Crippen LogP contribution in [-0.2, 0) is 0 Å². The van der Waals surface area contributed by atoms with E-state index in [9.17, 15) is 9.50 Å². The summed E-state index contributed by atoms with van der Waals surface area (Å²) in [7, 11) is 1.36. The summed E-state index contributed by atoms with van der Waals surface area (Å²) < 4.78 is 18.3. The molecule has 3 N–H and O–H groups in total. The molecule has 0 fully saturated rings. The van der Waals surface area contributed by atoms with Crippen molar-refractivity contribution in [3.05, 3.63) is 22.5 Å². The quantitative estimate of drug-likeness (QED) is 0.860. The number of hydrogen-bond acceptors (Lipinski definition) is 3. The van der Waals surface area contributed by atoms with Crippen molar-refractivity contribution in [1.29, 1.82) is 0 Å². The Morgan fingerprint density at radius 3 is 2.75 bits per heavy atom.